The van der Waals surface area contributed by atoms with Crippen molar-refractivity contribution in [2.45, 2.75) is 64.0 Å². The van der Waals surface area contributed by atoms with Crippen LogP contribution >= 0.6 is 0 Å². The van der Waals surface area contributed by atoms with Crippen molar-refractivity contribution in [1.29, 1.82) is 0 Å². The van der Waals surface area contributed by atoms with Crippen LogP contribution in [0.25, 0.3) is 0 Å². The molecule has 0 amide bonds. The van der Waals surface area contributed by atoms with Crippen LogP contribution in [0.4, 0.5) is 15.9 Å². The second-order valence-electron chi connectivity index (χ2n) is 8.08. The van der Waals surface area contributed by atoms with Crippen LogP contribution in [-0.4, -0.2) is 41.5 Å². The second-order valence-corrected chi connectivity index (χ2v) is 8.08. The third-order valence-corrected chi connectivity index (χ3v) is 6.17. The minimum Gasteiger partial charge on any atom is -0.385 e. The van der Waals surface area contributed by atoms with Gasteiger partial charge in [-0.3, -0.25) is 4.79 Å². The van der Waals surface area contributed by atoms with Crippen LogP contribution in [0.5, 0.6) is 0 Å². The number of nitrogens with one attached hydrogen (secondary N) is 2. The number of anilines is 2. The summed E-state index contributed by atoms with van der Waals surface area (Å²) < 4.78 is 21.0. The van der Waals surface area contributed by atoms with Gasteiger partial charge >= 0.3 is 0 Å². The third kappa shape index (κ3) is 3.75. The summed E-state index contributed by atoms with van der Waals surface area (Å²) in [7, 11) is 1.73. The minimum absolute atomic E-state index is 0.104. The lowest BCUT2D eigenvalue weighted by Gasteiger charge is -2.26. The van der Waals surface area contributed by atoms with E-state index in [-0.39, 0.29) is 23.9 Å². The zero-order valence-electron chi connectivity index (χ0n) is 17.3. The van der Waals surface area contributed by atoms with Crippen LogP contribution in [0.1, 0.15) is 60.6 Å². The molecule has 4 rings (SSSR count). The van der Waals surface area contributed by atoms with E-state index < -0.39 is 5.92 Å². The topological polar surface area (TPSA) is 68.2 Å². The van der Waals surface area contributed by atoms with Gasteiger partial charge in [0, 0.05) is 37.4 Å². The molecule has 6 nitrogen and oxygen atoms in total. The lowest BCUT2D eigenvalue weighted by atomic mass is 9.90. The molecule has 2 N–H and O–H groups in total. The fourth-order valence-corrected chi connectivity index (χ4v) is 4.28. The highest BCUT2D eigenvalue weighted by Crippen LogP contribution is 2.36. The Balaban J connectivity index is 1.74. The molecule has 1 aromatic heterocycles. The maximum atomic E-state index is 13.9. The Hall–Kier alpha value is -2.41. The van der Waals surface area contributed by atoms with Gasteiger partial charge in [0.05, 0.1) is 17.7 Å². The maximum absolute atomic E-state index is 13.9. The molecule has 0 radical (unpaired) electrons. The van der Waals surface area contributed by atoms with E-state index in [9.17, 15) is 9.18 Å². The molecule has 2 heterocycles. The first-order chi connectivity index (χ1) is 14.0. The highest BCUT2D eigenvalue weighted by molar-refractivity contribution is 5.90. The van der Waals surface area contributed by atoms with Crippen molar-refractivity contribution in [3.63, 3.8) is 0 Å². The lowest BCUT2D eigenvalue weighted by molar-refractivity contribution is 0.0858. The van der Waals surface area contributed by atoms with Crippen molar-refractivity contribution >= 4 is 17.4 Å². The molecule has 3 atom stereocenters. The van der Waals surface area contributed by atoms with Crippen molar-refractivity contribution in [2.24, 2.45) is 0 Å². The third-order valence-electron chi connectivity index (χ3n) is 6.17. The van der Waals surface area contributed by atoms with E-state index in [1.54, 1.807) is 17.9 Å². The first-order valence-corrected chi connectivity index (χ1v) is 10.5. The predicted octanol–water partition coefficient (Wildman–Crippen LogP) is 3.98. The Bertz CT molecular complexity index is 910. The van der Waals surface area contributed by atoms with Crippen LogP contribution in [0.2, 0.25) is 0 Å². The molecule has 3 unspecified atom stereocenters. The molecule has 0 saturated heterocycles. The van der Waals surface area contributed by atoms with E-state index in [0.29, 0.717) is 18.5 Å². The Morgan fingerprint density at radius 1 is 1.45 bits per heavy atom. The van der Waals surface area contributed by atoms with E-state index in [0.717, 1.165) is 48.4 Å². The maximum Gasteiger partial charge on any atom is 0.256 e. The number of aromatic nitrogens is 2. The molecule has 1 aliphatic carbocycles. The minimum atomic E-state index is -0.418. The predicted molar refractivity (Wildman–Crippen MR) is 111 cm³/mol. The zero-order valence-corrected chi connectivity index (χ0v) is 17.3. The van der Waals surface area contributed by atoms with Crippen molar-refractivity contribution < 1.29 is 13.9 Å². The lowest BCUT2D eigenvalue weighted by Crippen LogP contribution is -2.30. The van der Waals surface area contributed by atoms with E-state index in [4.69, 9.17) is 9.84 Å². The molecule has 0 bridgehead atoms. The molecule has 2 aliphatic rings. The van der Waals surface area contributed by atoms with Gasteiger partial charge in [0.2, 0.25) is 0 Å². The number of fused-ring (bicyclic) bond motifs is 2. The van der Waals surface area contributed by atoms with Crippen LogP contribution in [-0.2, 0) is 17.6 Å². The number of hydrogen-bond acceptors (Lipinski definition) is 5. The van der Waals surface area contributed by atoms with Crippen molar-refractivity contribution in [1.82, 2.24) is 9.78 Å². The second kappa shape index (κ2) is 8.14. The summed E-state index contributed by atoms with van der Waals surface area (Å²) in [4.78, 5) is 13.6. The highest BCUT2D eigenvalue weighted by Gasteiger charge is 2.34. The van der Waals surface area contributed by atoms with E-state index in [2.05, 4.69) is 24.5 Å². The SMILES string of the molecule is CCC(C)Nc1c2c(nn1C(=O)C1CCNc3ccc(F)cc31)CCC(OC)C2. The Labute approximate surface area is 170 Å². The largest absolute Gasteiger partial charge is 0.385 e. The number of methoxy groups -OCH3 is 1. The van der Waals surface area contributed by atoms with Crippen LogP contribution in [0.3, 0.4) is 0 Å². The molecular formula is C22H29FN4O2. The molecular weight excluding hydrogens is 371 g/mol. The summed E-state index contributed by atoms with van der Waals surface area (Å²) in [6, 6.07) is 4.81. The first-order valence-electron chi connectivity index (χ1n) is 10.5. The fraction of sp³-hybridized carbons (Fsp3) is 0.545. The van der Waals surface area contributed by atoms with Gasteiger partial charge in [-0.1, -0.05) is 6.92 Å². The van der Waals surface area contributed by atoms with Gasteiger partial charge in [-0.2, -0.15) is 9.78 Å². The van der Waals surface area contributed by atoms with Gasteiger partial charge in [0.1, 0.15) is 11.6 Å². The molecule has 1 aromatic carbocycles. The molecule has 1 aliphatic heterocycles. The molecule has 7 heteroatoms. The summed E-state index contributed by atoms with van der Waals surface area (Å²) in [5.41, 5.74) is 3.57. The van der Waals surface area contributed by atoms with Crippen molar-refractivity contribution in [3.05, 3.63) is 40.8 Å². The van der Waals surface area contributed by atoms with Gasteiger partial charge in [-0.15, -0.1) is 0 Å². The van der Waals surface area contributed by atoms with Gasteiger partial charge in [0.25, 0.3) is 5.91 Å². The number of hydrogen-bond donors (Lipinski definition) is 2. The molecule has 156 valence electrons. The molecule has 0 saturated carbocycles. The number of benzene rings is 1. The summed E-state index contributed by atoms with van der Waals surface area (Å²) in [5.74, 6) is -0.0741. The molecule has 0 fully saturated rings. The van der Waals surface area contributed by atoms with Gasteiger partial charge in [-0.05, 0) is 56.4 Å². The molecule has 29 heavy (non-hydrogen) atoms. The molecule has 2 aromatic rings. The average Bonchev–Trinajstić information content (AvgIpc) is 3.10. The number of ether oxygens (including phenoxy) is 1. The number of carbonyl (C=O) groups is 1. The van der Waals surface area contributed by atoms with Crippen LogP contribution in [0.15, 0.2) is 18.2 Å². The quantitative estimate of drug-likeness (QED) is 0.795. The smallest absolute Gasteiger partial charge is 0.256 e. The van der Waals surface area contributed by atoms with E-state index >= 15 is 0 Å². The number of aryl methyl sites for hydroxylation is 1. The standard InChI is InChI=1S/C22H29FN4O2/c1-4-13(2)25-21-18-12-15(29-3)6-8-20(18)26-27(21)22(28)16-9-10-24-19-7-5-14(23)11-17(16)19/h5,7,11,13,15-16,24-25H,4,6,8-10,12H2,1-3H3. The van der Waals surface area contributed by atoms with Gasteiger partial charge < -0.3 is 15.4 Å². The molecule has 0 spiro atoms. The first kappa shape index (κ1) is 19.9. The number of rotatable bonds is 5. The summed E-state index contributed by atoms with van der Waals surface area (Å²) >= 11 is 0. The number of nitrogens with zero attached hydrogens (tertiary/aromatic N) is 2. The summed E-state index contributed by atoms with van der Waals surface area (Å²) in [6.07, 6.45) is 4.13. The Morgan fingerprint density at radius 3 is 3.03 bits per heavy atom. The van der Waals surface area contributed by atoms with Crippen LogP contribution < -0.4 is 10.6 Å². The monoisotopic (exact) mass is 400 g/mol. The Kier molecular flexibility index (Phi) is 5.58. The zero-order chi connectivity index (χ0) is 20.5. The number of halogens is 1. The normalized spacial score (nSPS) is 21.7. The van der Waals surface area contributed by atoms with Crippen molar-refractivity contribution in [2.75, 3.05) is 24.3 Å². The summed E-state index contributed by atoms with van der Waals surface area (Å²) in [6.45, 7) is 4.88. The highest BCUT2D eigenvalue weighted by atomic mass is 19.1. The fourth-order valence-electron chi connectivity index (χ4n) is 4.28. The summed E-state index contributed by atoms with van der Waals surface area (Å²) in [5, 5.41) is 11.5. The number of carbonyl (C=O) groups excluding carboxylic acids is 1. The Morgan fingerprint density at radius 2 is 2.28 bits per heavy atom. The van der Waals surface area contributed by atoms with Crippen LogP contribution in [0, 0.1) is 5.82 Å². The van der Waals surface area contributed by atoms with E-state index in [1.807, 2.05) is 0 Å². The van der Waals surface area contributed by atoms with Gasteiger partial charge in [-0.25, -0.2) is 4.39 Å². The van der Waals surface area contributed by atoms with Gasteiger partial charge in [0.15, 0.2) is 0 Å². The van der Waals surface area contributed by atoms with Crippen molar-refractivity contribution in [3.8, 4) is 0 Å². The van der Waals surface area contributed by atoms with E-state index in [1.165, 1.54) is 12.1 Å². The average molecular weight is 400 g/mol.